The van der Waals surface area contributed by atoms with Gasteiger partial charge in [-0.05, 0) is 32.9 Å². The lowest BCUT2D eigenvalue weighted by atomic mass is 10.3. The first kappa shape index (κ1) is 16.9. The third-order valence-electron chi connectivity index (χ3n) is 2.73. The number of carbonyl (C=O) groups excluding carboxylic acids is 2. The molecule has 0 saturated heterocycles. The Morgan fingerprint density at radius 1 is 1.22 bits per heavy atom. The number of imide groups is 1. The number of nitrogens with one attached hydrogen (secondary N) is 3. The minimum Gasteiger partial charge on any atom is -0.336 e. The molecule has 0 aromatic carbocycles. The van der Waals surface area contributed by atoms with E-state index in [2.05, 4.69) is 30.8 Å². The maximum absolute atomic E-state index is 11.9. The highest BCUT2D eigenvalue weighted by Gasteiger charge is 2.19. The standard InChI is InChI=1S/C14H18N6O2S/c1-8(2)16-13(22)18-12(21)9(3)23-14-17-11(19-20-14)10-4-6-15-7-5-10/h4-9H,1-3H3,(H,17,19,20)(H2,16,18,21,22)/t9-/m1/s1. The molecule has 2 aromatic heterocycles. The van der Waals surface area contributed by atoms with Gasteiger partial charge in [-0.2, -0.15) is 0 Å². The Bertz CT molecular complexity index is 673. The molecule has 0 fully saturated rings. The van der Waals surface area contributed by atoms with Crippen molar-refractivity contribution < 1.29 is 9.59 Å². The van der Waals surface area contributed by atoms with Gasteiger partial charge in [0.05, 0.1) is 5.25 Å². The summed E-state index contributed by atoms with van der Waals surface area (Å²) >= 11 is 1.17. The van der Waals surface area contributed by atoms with Crippen LogP contribution in [0, 0.1) is 0 Å². The van der Waals surface area contributed by atoms with Crippen LogP contribution in [0.2, 0.25) is 0 Å². The highest BCUT2D eigenvalue weighted by molar-refractivity contribution is 8.00. The fraction of sp³-hybridized carbons (Fsp3) is 0.357. The SMILES string of the molecule is CC(C)NC(=O)NC(=O)[C@@H](C)Sc1n[nH]c(-c2ccncc2)n1. The molecular formula is C14H18N6O2S. The van der Waals surface area contributed by atoms with Gasteiger partial charge in [-0.25, -0.2) is 9.78 Å². The van der Waals surface area contributed by atoms with Crippen molar-refractivity contribution in [2.75, 3.05) is 0 Å². The predicted octanol–water partition coefficient (Wildman–Crippen LogP) is 1.58. The van der Waals surface area contributed by atoms with Crippen molar-refractivity contribution in [3.05, 3.63) is 24.5 Å². The number of amides is 3. The van der Waals surface area contributed by atoms with E-state index >= 15 is 0 Å². The van der Waals surface area contributed by atoms with Gasteiger partial charge in [-0.3, -0.25) is 20.2 Å². The Balaban J connectivity index is 1.93. The molecule has 2 heterocycles. The van der Waals surface area contributed by atoms with Crippen molar-refractivity contribution in [3.8, 4) is 11.4 Å². The van der Waals surface area contributed by atoms with Crippen molar-refractivity contribution in [3.63, 3.8) is 0 Å². The van der Waals surface area contributed by atoms with Gasteiger partial charge in [0.1, 0.15) is 0 Å². The minimum atomic E-state index is -0.509. The van der Waals surface area contributed by atoms with Gasteiger partial charge in [-0.15, -0.1) is 5.10 Å². The second-order valence-corrected chi connectivity index (χ2v) is 6.39. The fourth-order valence-corrected chi connectivity index (χ4v) is 2.39. The Labute approximate surface area is 137 Å². The van der Waals surface area contributed by atoms with Gasteiger partial charge in [0.25, 0.3) is 0 Å². The number of H-pyrrole nitrogens is 1. The molecule has 122 valence electrons. The summed E-state index contributed by atoms with van der Waals surface area (Å²) in [7, 11) is 0. The van der Waals surface area contributed by atoms with E-state index in [1.54, 1.807) is 31.5 Å². The van der Waals surface area contributed by atoms with E-state index in [0.717, 1.165) is 5.56 Å². The van der Waals surface area contributed by atoms with Crippen LogP contribution >= 0.6 is 11.8 Å². The van der Waals surface area contributed by atoms with E-state index in [4.69, 9.17) is 0 Å². The van der Waals surface area contributed by atoms with Crippen molar-refractivity contribution in [1.29, 1.82) is 0 Å². The first-order valence-corrected chi connectivity index (χ1v) is 7.94. The largest absolute Gasteiger partial charge is 0.336 e. The highest BCUT2D eigenvalue weighted by atomic mass is 32.2. The second kappa shape index (κ2) is 7.73. The lowest BCUT2D eigenvalue weighted by molar-refractivity contribution is -0.119. The van der Waals surface area contributed by atoms with Gasteiger partial charge >= 0.3 is 6.03 Å². The summed E-state index contributed by atoms with van der Waals surface area (Å²) in [6, 6.07) is 3.06. The lowest BCUT2D eigenvalue weighted by Gasteiger charge is -2.11. The molecule has 2 rings (SSSR count). The molecule has 0 radical (unpaired) electrons. The van der Waals surface area contributed by atoms with E-state index in [1.165, 1.54) is 11.8 Å². The quantitative estimate of drug-likeness (QED) is 0.716. The number of nitrogens with zero attached hydrogens (tertiary/aromatic N) is 3. The zero-order valence-corrected chi connectivity index (χ0v) is 13.8. The fourth-order valence-electron chi connectivity index (χ4n) is 1.66. The molecule has 3 amide bonds. The van der Waals surface area contributed by atoms with E-state index < -0.39 is 17.2 Å². The van der Waals surface area contributed by atoms with Crippen LogP contribution < -0.4 is 10.6 Å². The molecule has 9 heteroatoms. The molecular weight excluding hydrogens is 316 g/mol. The molecule has 0 spiro atoms. The molecule has 0 aliphatic carbocycles. The molecule has 8 nitrogen and oxygen atoms in total. The number of hydrogen-bond acceptors (Lipinski definition) is 6. The van der Waals surface area contributed by atoms with E-state index in [-0.39, 0.29) is 6.04 Å². The second-order valence-electron chi connectivity index (χ2n) is 5.08. The van der Waals surface area contributed by atoms with Crippen molar-refractivity contribution in [1.82, 2.24) is 30.8 Å². The van der Waals surface area contributed by atoms with E-state index in [9.17, 15) is 9.59 Å². The summed E-state index contributed by atoms with van der Waals surface area (Å²) in [4.78, 5) is 31.7. The van der Waals surface area contributed by atoms with Crippen molar-refractivity contribution >= 4 is 23.7 Å². The number of aromatic amines is 1. The molecule has 0 bridgehead atoms. The van der Waals surface area contributed by atoms with Crippen LogP contribution in [0.5, 0.6) is 0 Å². The van der Waals surface area contributed by atoms with E-state index in [0.29, 0.717) is 11.0 Å². The third-order valence-corrected chi connectivity index (χ3v) is 3.69. The van der Waals surface area contributed by atoms with E-state index in [1.807, 2.05) is 13.8 Å². The maximum Gasteiger partial charge on any atom is 0.321 e. The summed E-state index contributed by atoms with van der Waals surface area (Å²) in [5.41, 5.74) is 0.854. The number of pyridine rings is 1. The number of rotatable bonds is 5. The summed E-state index contributed by atoms with van der Waals surface area (Å²) in [5, 5.41) is 11.7. The number of aromatic nitrogens is 4. The lowest BCUT2D eigenvalue weighted by Crippen LogP contribution is -2.45. The summed E-state index contributed by atoms with van der Waals surface area (Å²) in [5.74, 6) is 0.198. The smallest absolute Gasteiger partial charge is 0.321 e. The first-order chi connectivity index (χ1) is 11.0. The summed E-state index contributed by atoms with van der Waals surface area (Å²) < 4.78 is 0. The van der Waals surface area contributed by atoms with Gasteiger partial charge in [0, 0.05) is 24.0 Å². The predicted molar refractivity (Wildman–Crippen MR) is 86.7 cm³/mol. The molecule has 0 unspecified atom stereocenters. The van der Waals surface area contributed by atoms with Gasteiger partial charge in [0.15, 0.2) is 5.82 Å². The highest BCUT2D eigenvalue weighted by Crippen LogP contribution is 2.22. The average Bonchev–Trinajstić information content (AvgIpc) is 2.95. The summed E-state index contributed by atoms with van der Waals surface area (Å²) in [6.07, 6.45) is 3.32. The first-order valence-electron chi connectivity index (χ1n) is 7.06. The van der Waals surface area contributed by atoms with Crippen LogP contribution in [0.3, 0.4) is 0 Å². The number of carbonyl (C=O) groups is 2. The van der Waals surface area contributed by atoms with Crippen molar-refractivity contribution in [2.24, 2.45) is 0 Å². The van der Waals surface area contributed by atoms with Crippen LogP contribution in [0.25, 0.3) is 11.4 Å². The van der Waals surface area contributed by atoms with Crippen LogP contribution in [0.4, 0.5) is 4.79 Å². The monoisotopic (exact) mass is 334 g/mol. The van der Waals surface area contributed by atoms with Crippen molar-refractivity contribution in [2.45, 2.75) is 37.2 Å². The van der Waals surface area contributed by atoms with Crippen LogP contribution in [0.15, 0.2) is 29.7 Å². The number of thioether (sulfide) groups is 1. The maximum atomic E-state index is 11.9. The zero-order valence-electron chi connectivity index (χ0n) is 13.0. The molecule has 23 heavy (non-hydrogen) atoms. The molecule has 0 aliphatic heterocycles. The number of hydrogen-bond donors (Lipinski definition) is 3. The van der Waals surface area contributed by atoms with Crippen LogP contribution in [-0.4, -0.2) is 43.4 Å². The Kier molecular flexibility index (Phi) is 5.69. The molecule has 1 atom stereocenters. The molecule has 0 saturated carbocycles. The topological polar surface area (TPSA) is 113 Å². The Morgan fingerprint density at radius 2 is 1.91 bits per heavy atom. The minimum absolute atomic E-state index is 0.0401. The average molecular weight is 334 g/mol. The van der Waals surface area contributed by atoms with Gasteiger partial charge in [-0.1, -0.05) is 11.8 Å². The van der Waals surface area contributed by atoms with Gasteiger partial charge in [0.2, 0.25) is 11.1 Å². The van der Waals surface area contributed by atoms with Crippen LogP contribution in [-0.2, 0) is 4.79 Å². The van der Waals surface area contributed by atoms with Crippen LogP contribution in [0.1, 0.15) is 20.8 Å². The summed E-state index contributed by atoms with van der Waals surface area (Å²) in [6.45, 7) is 5.32. The third kappa shape index (κ3) is 5.06. The molecule has 2 aromatic rings. The Hall–Kier alpha value is -2.42. The van der Waals surface area contributed by atoms with Gasteiger partial charge < -0.3 is 5.32 Å². The normalized spacial score (nSPS) is 12.0. The molecule has 0 aliphatic rings. The molecule has 3 N–H and O–H groups in total. The number of urea groups is 1. The Morgan fingerprint density at radius 3 is 2.57 bits per heavy atom. The zero-order chi connectivity index (χ0) is 16.8.